The third-order valence-corrected chi connectivity index (χ3v) is 3.40. The Morgan fingerprint density at radius 1 is 1.45 bits per heavy atom. The van der Waals surface area contributed by atoms with Gasteiger partial charge in [0.15, 0.2) is 6.29 Å². The van der Waals surface area contributed by atoms with Gasteiger partial charge in [0.25, 0.3) is 0 Å². The summed E-state index contributed by atoms with van der Waals surface area (Å²) in [6.45, 7) is -1.56. The average molecular weight is 310 g/mol. The van der Waals surface area contributed by atoms with E-state index < -0.39 is 43.8 Å². The van der Waals surface area contributed by atoms with Crippen LogP contribution in [0.2, 0.25) is 0 Å². The van der Waals surface area contributed by atoms with Crippen LogP contribution in [0.3, 0.4) is 0 Å². The lowest BCUT2D eigenvalue weighted by Gasteiger charge is -2.41. The standard InChI is InChI=1S/C14H19N3O5/c1-20-14-11(16-17-15)13(12(19)10(7-18)22-14)21-8-9-5-3-2-4-6-9/h2-6,10-14,18-19H,7-8H2,1H3/t10-,11-,12-,13-,14?/m1/s1/i8D/t8?,10-,11-,12-,13-,14?. The summed E-state index contributed by atoms with van der Waals surface area (Å²) in [7, 11) is 1.35. The number of methoxy groups -OCH3 is 1. The number of azide groups is 1. The molecule has 0 radical (unpaired) electrons. The van der Waals surface area contributed by atoms with Crippen LogP contribution in [0, 0.1) is 0 Å². The van der Waals surface area contributed by atoms with Crippen molar-refractivity contribution in [3.05, 3.63) is 46.3 Å². The number of hydrogen-bond donors (Lipinski definition) is 2. The smallest absolute Gasteiger partial charge is 0.168 e. The molecule has 1 saturated heterocycles. The SMILES string of the molecule is [2H]C(O[C@H]1[C@H](O)[C@@H](CO)OC(OC)[C@@H]1N=[N+]=[N-])c1ccccc1. The van der Waals surface area contributed by atoms with E-state index in [1.807, 2.05) is 6.07 Å². The van der Waals surface area contributed by atoms with Gasteiger partial charge in [-0.05, 0) is 11.1 Å². The Hall–Kier alpha value is -1.67. The predicted molar refractivity (Wildman–Crippen MR) is 76.7 cm³/mol. The van der Waals surface area contributed by atoms with Gasteiger partial charge in [0.05, 0.1) is 20.7 Å². The number of benzene rings is 1. The van der Waals surface area contributed by atoms with Gasteiger partial charge in [-0.1, -0.05) is 35.4 Å². The number of hydrogen-bond acceptors (Lipinski definition) is 6. The molecule has 2 rings (SSSR count). The molecular formula is C14H19N3O5. The summed E-state index contributed by atoms with van der Waals surface area (Å²) in [5.41, 5.74) is 9.31. The monoisotopic (exact) mass is 310 g/mol. The molecular weight excluding hydrogens is 290 g/mol. The maximum atomic E-state index is 10.3. The van der Waals surface area contributed by atoms with Crippen molar-refractivity contribution in [2.75, 3.05) is 13.7 Å². The summed E-state index contributed by atoms with van der Waals surface area (Å²) in [6.07, 6.45) is -4.26. The molecule has 2 N–H and O–H groups in total. The Morgan fingerprint density at radius 3 is 2.77 bits per heavy atom. The highest BCUT2D eigenvalue weighted by Gasteiger charge is 2.45. The zero-order chi connectivity index (χ0) is 16.8. The van der Waals surface area contributed by atoms with Crippen LogP contribution in [0.25, 0.3) is 10.4 Å². The van der Waals surface area contributed by atoms with Crippen molar-refractivity contribution in [2.24, 2.45) is 5.11 Å². The average Bonchev–Trinajstić information content (AvgIpc) is 2.59. The van der Waals surface area contributed by atoms with Gasteiger partial charge in [-0.25, -0.2) is 0 Å². The lowest BCUT2D eigenvalue weighted by molar-refractivity contribution is -0.266. The first-order valence-electron chi connectivity index (χ1n) is 7.34. The molecule has 1 aromatic carbocycles. The second kappa shape index (κ2) is 8.09. The highest BCUT2D eigenvalue weighted by atomic mass is 16.7. The number of aliphatic hydroxyl groups excluding tert-OH is 2. The highest BCUT2D eigenvalue weighted by Crippen LogP contribution is 2.27. The van der Waals surface area contributed by atoms with Gasteiger partial charge in [0.2, 0.25) is 0 Å². The van der Waals surface area contributed by atoms with E-state index in [1.165, 1.54) is 7.11 Å². The summed E-state index contributed by atoms with van der Waals surface area (Å²) in [5.74, 6) is 0. The van der Waals surface area contributed by atoms with E-state index in [2.05, 4.69) is 10.0 Å². The number of nitrogens with zero attached hydrogens (tertiary/aromatic N) is 3. The Labute approximate surface area is 129 Å². The molecule has 1 aliphatic rings. The minimum Gasteiger partial charge on any atom is -0.394 e. The largest absolute Gasteiger partial charge is 0.394 e. The maximum Gasteiger partial charge on any atom is 0.168 e. The summed E-state index contributed by atoms with van der Waals surface area (Å²) >= 11 is 0. The Bertz CT molecular complexity index is 542. The lowest BCUT2D eigenvalue weighted by Crippen LogP contribution is -2.59. The van der Waals surface area contributed by atoms with Gasteiger partial charge < -0.3 is 24.4 Å². The minimum atomic E-state index is -1.27. The van der Waals surface area contributed by atoms with Crippen LogP contribution in [0.4, 0.5) is 0 Å². The van der Waals surface area contributed by atoms with Crippen molar-refractivity contribution in [2.45, 2.75) is 37.2 Å². The molecule has 1 aliphatic heterocycles. The second-order valence-electron chi connectivity index (χ2n) is 4.78. The molecule has 0 saturated carbocycles. The number of ether oxygens (including phenoxy) is 3. The van der Waals surface area contributed by atoms with Crippen molar-refractivity contribution < 1.29 is 25.8 Å². The maximum absolute atomic E-state index is 10.3. The van der Waals surface area contributed by atoms with E-state index in [9.17, 15) is 10.2 Å². The molecule has 0 bridgehead atoms. The van der Waals surface area contributed by atoms with Gasteiger partial charge in [0.1, 0.15) is 18.2 Å². The van der Waals surface area contributed by atoms with Crippen molar-refractivity contribution >= 4 is 0 Å². The van der Waals surface area contributed by atoms with Crippen LogP contribution in [0.1, 0.15) is 6.93 Å². The van der Waals surface area contributed by atoms with Crippen LogP contribution in [0.15, 0.2) is 35.4 Å². The zero-order valence-electron chi connectivity index (χ0n) is 13.0. The fourth-order valence-electron chi connectivity index (χ4n) is 2.28. The third kappa shape index (κ3) is 3.75. The Morgan fingerprint density at radius 2 is 2.18 bits per heavy atom. The van der Waals surface area contributed by atoms with Crippen LogP contribution >= 0.6 is 0 Å². The van der Waals surface area contributed by atoms with Crippen LogP contribution in [-0.2, 0) is 20.8 Å². The first-order valence-corrected chi connectivity index (χ1v) is 6.76. The molecule has 22 heavy (non-hydrogen) atoms. The molecule has 120 valence electrons. The topological polar surface area (TPSA) is 117 Å². The molecule has 1 fully saturated rings. The molecule has 0 amide bonds. The molecule has 0 aliphatic carbocycles. The summed E-state index contributed by atoms with van der Waals surface area (Å²) < 4.78 is 24.1. The molecule has 1 aromatic rings. The predicted octanol–water partition coefficient (Wildman–Crippen LogP) is 0.975. The number of aliphatic hydroxyl groups is 2. The van der Waals surface area contributed by atoms with Crippen LogP contribution < -0.4 is 0 Å². The second-order valence-corrected chi connectivity index (χ2v) is 4.78. The van der Waals surface area contributed by atoms with Gasteiger partial charge in [-0.2, -0.15) is 0 Å². The van der Waals surface area contributed by atoms with E-state index in [0.29, 0.717) is 5.56 Å². The molecule has 8 nitrogen and oxygen atoms in total. The summed E-state index contributed by atoms with van der Waals surface area (Å²) in [6, 6.07) is 7.77. The molecule has 1 heterocycles. The summed E-state index contributed by atoms with van der Waals surface area (Å²) in [5, 5.41) is 23.2. The van der Waals surface area contributed by atoms with Crippen LogP contribution in [-0.4, -0.2) is 54.6 Å². The van der Waals surface area contributed by atoms with Crippen molar-refractivity contribution in [3.63, 3.8) is 0 Å². The van der Waals surface area contributed by atoms with E-state index in [-0.39, 0.29) is 0 Å². The van der Waals surface area contributed by atoms with Gasteiger partial charge in [-0.3, -0.25) is 0 Å². The Kier molecular flexibility index (Phi) is 5.60. The molecule has 8 heteroatoms. The highest BCUT2D eigenvalue weighted by molar-refractivity contribution is 5.13. The van der Waals surface area contributed by atoms with Crippen LogP contribution in [0.5, 0.6) is 0 Å². The molecule has 0 aromatic heterocycles. The van der Waals surface area contributed by atoms with E-state index in [1.54, 1.807) is 24.3 Å². The van der Waals surface area contributed by atoms with Gasteiger partial charge in [-0.15, -0.1) is 0 Å². The van der Waals surface area contributed by atoms with Crippen molar-refractivity contribution in [3.8, 4) is 0 Å². The van der Waals surface area contributed by atoms with E-state index in [4.69, 9.17) is 21.1 Å². The quantitative estimate of drug-likeness (QED) is 0.461. The third-order valence-electron chi connectivity index (χ3n) is 3.40. The van der Waals surface area contributed by atoms with Crippen molar-refractivity contribution in [1.82, 2.24) is 0 Å². The number of rotatable bonds is 6. The fourth-order valence-corrected chi connectivity index (χ4v) is 2.28. The van der Waals surface area contributed by atoms with Gasteiger partial charge in [0, 0.05) is 12.0 Å². The van der Waals surface area contributed by atoms with Gasteiger partial charge >= 0.3 is 0 Å². The lowest BCUT2D eigenvalue weighted by atomic mass is 9.97. The normalized spacial score (nSPS) is 33.6. The molecule has 6 atom stereocenters. The summed E-state index contributed by atoms with van der Waals surface area (Å²) in [4.78, 5) is 2.72. The first-order chi connectivity index (χ1) is 11.1. The van der Waals surface area contributed by atoms with E-state index in [0.717, 1.165) is 0 Å². The molecule has 2 unspecified atom stereocenters. The zero-order valence-corrected chi connectivity index (χ0v) is 12.0. The molecule has 0 spiro atoms. The fraction of sp³-hybridized carbons (Fsp3) is 0.571. The Balaban J connectivity index is 2.23. The minimum absolute atomic E-state index is 0.460. The van der Waals surface area contributed by atoms with E-state index >= 15 is 0 Å². The first kappa shape index (κ1) is 15.2. The van der Waals surface area contributed by atoms with Crippen molar-refractivity contribution in [1.29, 1.82) is 0 Å².